The Morgan fingerprint density at radius 2 is 1.84 bits per heavy atom. The summed E-state index contributed by atoms with van der Waals surface area (Å²) in [5.74, 6) is 4.05. The summed E-state index contributed by atoms with van der Waals surface area (Å²) in [7, 11) is 1.75. The molecule has 3 saturated heterocycles. The first-order valence-electron chi connectivity index (χ1n) is 20.5. The molecule has 18 nitrogen and oxygen atoms in total. The molecule has 10 rings (SSSR count). The number of anilines is 2. The molecule has 6 bridgehead atoms. The molecule has 4 aliphatic rings. The fourth-order valence-electron chi connectivity index (χ4n) is 9.29. The fourth-order valence-corrected chi connectivity index (χ4v) is 9.29. The molecule has 3 fully saturated rings. The van der Waals surface area contributed by atoms with Crippen molar-refractivity contribution in [1.29, 1.82) is 0 Å². The molecule has 324 valence electrons. The summed E-state index contributed by atoms with van der Waals surface area (Å²) in [4.78, 5) is 44.6. The van der Waals surface area contributed by atoms with Gasteiger partial charge in [-0.3, -0.25) is 4.79 Å². The van der Waals surface area contributed by atoms with Gasteiger partial charge in [-0.15, -0.1) is 0 Å². The Morgan fingerprint density at radius 1 is 1.02 bits per heavy atom. The highest BCUT2D eigenvalue weighted by molar-refractivity contribution is 5.94. The van der Waals surface area contributed by atoms with Crippen LogP contribution in [0.5, 0.6) is 6.01 Å². The summed E-state index contributed by atoms with van der Waals surface area (Å²) >= 11 is 0. The predicted octanol–water partition coefficient (Wildman–Crippen LogP) is 3.73. The molecule has 0 spiro atoms. The van der Waals surface area contributed by atoms with Crippen LogP contribution in [0.3, 0.4) is 0 Å². The number of aromatic nitrogens is 8. The van der Waals surface area contributed by atoms with E-state index in [2.05, 4.69) is 30.9 Å². The van der Waals surface area contributed by atoms with Crippen molar-refractivity contribution in [3.05, 3.63) is 72.1 Å². The van der Waals surface area contributed by atoms with Crippen LogP contribution in [-0.4, -0.2) is 113 Å². The van der Waals surface area contributed by atoms with Crippen LogP contribution in [-0.2, 0) is 16.1 Å². The second-order valence-corrected chi connectivity index (χ2v) is 15.8. The molecule has 0 saturated carbocycles. The van der Waals surface area contributed by atoms with E-state index in [1.807, 2.05) is 28.8 Å². The van der Waals surface area contributed by atoms with Crippen LogP contribution in [0, 0.1) is 24.4 Å². The third kappa shape index (κ3) is 7.44. The average molecular weight is 854 g/mol. The van der Waals surface area contributed by atoms with Gasteiger partial charge in [-0.1, -0.05) is 0 Å². The number of fused-ring (bicyclic) bond motifs is 8. The average Bonchev–Trinajstić information content (AvgIpc) is 3.95. The van der Waals surface area contributed by atoms with Crippen molar-refractivity contribution in [2.45, 2.75) is 82.8 Å². The van der Waals surface area contributed by atoms with Crippen LogP contribution in [0.25, 0.3) is 39.0 Å². The van der Waals surface area contributed by atoms with E-state index in [-0.39, 0.29) is 49.2 Å². The topological polar surface area (TPSA) is 209 Å². The van der Waals surface area contributed by atoms with Crippen molar-refractivity contribution in [2.75, 3.05) is 36.5 Å². The lowest BCUT2D eigenvalue weighted by Crippen LogP contribution is -2.59. The third-order valence-electron chi connectivity index (χ3n) is 12.0. The molecule has 5 N–H and O–H groups in total. The van der Waals surface area contributed by atoms with Crippen molar-refractivity contribution in [2.24, 2.45) is 16.7 Å². The monoisotopic (exact) mass is 853 g/mol. The van der Waals surface area contributed by atoms with E-state index in [0.29, 0.717) is 64.1 Å². The Bertz CT molecular complexity index is 2660. The van der Waals surface area contributed by atoms with Crippen LogP contribution < -0.4 is 31.6 Å². The first kappa shape index (κ1) is 40.8. The van der Waals surface area contributed by atoms with Crippen LogP contribution in [0.15, 0.2) is 53.9 Å². The van der Waals surface area contributed by atoms with Gasteiger partial charge in [-0.25, -0.2) is 39.2 Å². The lowest BCUT2D eigenvalue weighted by Gasteiger charge is -2.53. The summed E-state index contributed by atoms with van der Waals surface area (Å²) in [5, 5.41) is 8.19. The molecule has 8 heterocycles. The Hall–Kier alpha value is -6.61. The smallest absolute Gasteiger partial charge is 0.317 e. The number of nitrogens with two attached hydrogens (primary N) is 2. The van der Waals surface area contributed by atoms with Crippen LogP contribution >= 0.6 is 0 Å². The molecule has 0 radical (unpaired) electrons. The number of ether oxygens (including phenoxy) is 2. The fraction of sp³-hybridized carbons (Fsp3) is 0.415. The number of nitrogens with one attached hydrogen (secondary N) is 1. The number of aryl methyl sites for hydroxylation is 1. The van der Waals surface area contributed by atoms with Gasteiger partial charge in [0.2, 0.25) is 11.9 Å². The zero-order valence-corrected chi connectivity index (χ0v) is 34.3. The maximum atomic E-state index is 15.3. The van der Waals surface area contributed by atoms with E-state index in [0.717, 1.165) is 38.1 Å². The van der Waals surface area contributed by atoms with Gasteiger partial charge < -0.3 is 34.5 Å². The molecular formula is C41H46F3N15O3. The van der Waals surface area contributed by atoms with Gasteiger partial charge in [0, 0.05) is 62.6 Å². The van der Waals surface area contributed by atoms with Gasteiger partial charge in [0.15, 0.2) is 11.5 Å². The van der Waals surface area contributed by atoms with Crippen LogP contribution in [0.1, 0.15) is 44.9 Å². The van der Waals surface area contributed by atoms with Crippen molar-refractivity contribution < 1.29 is 27.4 Å². The maximum absolute atomic E-state index is 15.3. The number of hydrazine groups is 1. The number of carbonyl (C=O) groups excluding carboxylic acids is 1. The highest BCUT2D eigenvalue weighted by Gasteiger charge is 2.45. The predicted molar refractivity (Wildman–Crippen MR) is 224 cm³/mol. The first-order chi connectivity index (χ1) is 30.0. The highest BCUT2D eigenvalue weighted by atomic mass is 19.1. The Kier molecular flexibility index (Phi) is 11.0. The number of carbonyl (C=O) groups is 1. The number of hydrogen-bond donors (Lipinski definition) is 3. The summed E-state index contributed by atoms with van der Waals surface area (Å²) in [6, 6.07) is 7.72. The number of piperidine rings is 1. The number of imidazole rings is 1. The van der Waals surface area contributed by atoms with E-state index >= 15 is 8.78 Å². The summed E-state index contributed by atoms with van der Waals surface area (Å²) in [6.45, 7) is 4.97. The number of likely N-dealkylation sites (N-methyl/N-ethyl adjacent to an activating group) is 1. The van der Waals surface area contributed by atoms with Gasteiger partial charge >= 0.3 is 6.01 Å². The zero-order chi connectivity index (χ0) is 43.2. The number of rotatable bonds is 6. The minimum Gasteiger partial charge on any atom is -0.458 e. The van der Waals surface area contributed by atoms with Gasteiger partial charge in [-0.2, -0.15) is 25.2 Å². The van der Waals surface area contributed by atoms with Crippen molar-refractivity contribution in [3.8, 4) is 23.0 Å². The minimum atomic E-state index is -0.789. The Morgan fingerprint density at radius 3 is 2.56 bits per heavy atom. The van der Waals surface area contributed by atoms with E-state index in [1.165, 1.54) is 28.9 Å². The quantitative estimate of drug-likeness (QED) is 0.0945. The molecule has 2 aromatic carbocycles. The summed E-state index contributed by atoms with van der Waals surface area (Å²) in [5.41, 5.74) is 9.18. The minimum absolute atomic E-state index is 0.0353. The van der Waals surface area contributed by atoms with E-state index in [1.54, 1.807) is 30.4 Å². The molecule has 0 aliphatic carbocycles. The molecule has 1 amide bonds. The van der Waals surface area contributed by atoms with Crippen LogP contribution in [0.2, 0.25) is 0 Å². The SMILES string of the molecule is CCOC1CN(C)C(=O)C2CC(CN2c2nc(N3C4CCCC3C4)nc3c2cnn3-c2ccc(F)cc2F)Oc2nccc(n2)-c2cc(F)cc3nc(C)n(c23)C1.N/C=N\NN. The third-order valence-corrected chi connectivity index (χ3v) is 12.0. The number of hydrazone groups is 1. The van der Waals surface area contributed by atoms with Crippen molar-refractivity contribution in [1.82, 2.24) is 49.7 Å². The van der Waals surface area contributed by atoms with Crippen molar-refractivity contribution >= 4 is 46.1 Å². The van der Waals surface area contributed by atoms with E-state index in [9.17, 15) is 9.18 Å². The second-order valence-electron chi connectivity index (χ2n) is 15.8. The van der Waals surface area contributed by atoms with Gasteiger partial charge in [0.1, 0.15) is 47.4 Å². The number of benzene rings is 2. The van der Waals surface area contributed by atoms with E-state index < -0.39 is 35.7 Å². The molecule has 4 aliphatic heterocycles. The zero-order valence-electron chi connectivity index (χ0n) is 34.3. The Labute approximate surface area is 353 Å². The van der Waals surface area contributed by atoms with Gasteiger partial charge in [0.05, 0.1) is 47.5 Å². The molecule has 21 heteroatoms. The Balaban J connectivity index is 0.000000929. The standard InChI is InChI=1S/C40H40F3N11O3.CH6N4/c1-4-56-27-18-50(3)38(55)34-16-26(57-40-44-11-10-31(47-40)28-12-23(42)14-32-35(28)51(20-27)21(2)46-32)19-52(34)36-29-17-45-54(33-9-8-22(41)13-30(33)43)37(29)49-39(48-36)53-24-6-5-7-25(53)15-24;2-1-4-5-3/h8-14,17,24-27,34H,4-7,15-16,18-20H2,1-3H3;1,5H,3H2,(H2,2,4). The number of nitrogens with zero attached hydrogens (tertiary/aromatic N) is 12. The largest absolute Gasteiger partial charge is 0.458 e. The number of hydrogen-bond acceptors (Lipinski definition) is 14. The normalized spacial score (nSPS) is 22.3. The molecule has 5 atom stereocenters. The summed E-state index contributed by atoms with van der Waals surface area (Å²) < 4.78 is 60.6. The number of halogens is 3. The number of amides is 1. The van der Waals surface area contributed by atoms with E-state index in [4.69, 9.17) is 30.2 Å². The van der Waals surface area contributed by atoms with Gasteiger partial charge in [-0.05, 0) is 63.8 Å². The molecule has 6 aromatic rings. The van der Waals surface area contributed by atoms with Crippen LogP contribution in [0.4, 0.5) is 24.9 Å². The molecule has 62 heavy (non-hydrogen) atoms. The summed E-state index contributed by atoms with van der Waals surface area (Å²) in [6.07, 6.45) is 7.61. The highest BCUT2D eigenvalue weighted by Crippen LogP contribution is 2.43. The molecular weight excluding hydrogens is 808 g/mol. The second kappa shape index (κ2) is 16.7. The lowest BCUT2D eigenvalue weighted by molar-refractivity contribution is -0.133. The van der Waals surface area contributed by atoms with Gasteiger partial charge in [0.25, 0.3) is 0 Å². The maximum Gasteiger partial charge on any atom is 0.317 e. The molecule has 4 aromatic heterocycles. The van der Waals surface area contributed by atoms with Crippen molar-refractivity contribution in [3.63, 3.8) is 0 Å². The molecule has 5 unspecified atom stereocenters. The first-order valence-corrected chi connectivity index (χ1v) is 20.5. The lowest BCUT2D eigenvalue weighted by atomic mass is 9.80.